The average Bonchev–Trinajstić information content (AvgIpc) is 3.37. The third-order valence-electron chi connectivity index (χ3n) is 15.4. The molecule has 0 saturated heterocycles. The van der Waals surface area contributed by atoms with Crippen LogP contribution in [0.1, 0.15) is 177 Å². The zero-order valence-electron chi connectivity index (χ0n) is 52.3. The normalized spacial score (nSPS) is 16.6. The number of aliphatic imine (C=N–C) groups is 4. The van der Waals surface area contributed by atoms with E-state index in [9.17, 15) is 19.2 Å². The molecule has 3 amide bonds. The van der Waals surface area contributed by atoms with Crippen molar-refractivity contribution in [2.75, 3.05) is 66.8 Å². The maximum atomic E-state index is 14.0. The highest BCUT2D eigenvalue weighted by Gasteiger charge is 2.30. The lowest BCUT2D eigenvalue weighted by Gasteiger charge is -2.30. The number of Topliss-reactive ketones (excluding diaryl/α,β-unsaturated/α-hetero) is 1. The number of hydrogen-bond acceptors (Lipinski definition) is 15. The molecule has 5 rings (SSSR count). The van der Waals surface area contributed by atoms with E-state index in [1.165, 1.54) is 20.3 Å². The van der Waals surface area contributed by atoms with Crippen LogP contribution in [0.15, 0.2) is 68.5 Å². The number of ketones is 1. The first-order valence-corrected chi connectivity index (χ1v) is 31.2. The predicted molar refractivity (Wildman–Crippen MR) is 348 cm³/mol. The van der Waals surface area contributed by atoms with E-state index in [0.29, 0.717) is 119 Å². The van der Waals surface area contributed by atoms with Crippen LogP contribution in [-0.2, 0) is 0 Å². The van der Waals surface area contributed by atoms with Crippen molar-refractivity contribution in [3.63, 3.8) is 0 Å². The summed E-state index contributed by atoms with van der Waals surface area (Å²) in [5, 5.41) is 20.2. The van der Waals surface area contributed by atoms with Crippen molar-refractivity contribution in [3.8, 4) is 34.5 Å². The van der Waals surface area contributed by atoms with Crippen LogP contribution < -0.4 is 89.8 Å². The summed E-state index contributed by atoms with van der Waals surface area (Å²) < 4.78 is 35.7. The number of nitrogens with one attached hydrogen (secondary N) is 5. The molecular formula is C63H98N16O10. The second-order valence-corrected chi connectivity index (χ2v) is 22.4. The molecule has 2 aliphatic rings. The highest BCUT2D eigenvalue weighted by Crippen LogP contribution is 2.33. The molecule has 1 atom stereocenters. The molecule has 26 nitrogen and oxygen atoms in total. The van der Waals surface area contributed by atoms with E-state index in [0.717, 1.165) is 96.3 Å². The largest absolute Gasteiger partial charge is 0.496 e. The molecule has 0 spiro atoms. The highest BCUT2D eigenvalue weighted by molar-refractivity contribution is 6.04. The molecule has 19 N–H and O–H groups in total. The average molecular weight is 1240 g/mol. The Morgan fingerprint density at radius 1 is 0.506 bits per heavy atom. The summed E-state index contributed by atoms with van der Waals surface area (Å²) in [6.45, 7) is 5.78. The van der Waals surface area contributed by atoms with Gasteiger partial charge in [0.2, 0.25) is 5.96 Å². The third kappa shape index (κ3) is 26.4. The minimum Gasteiger partial charge on any atom is -0.496 e. The topological polar surface area (TPSA) is 427 Å². The van der Waals surface area contributed by atoms with Gasteiger partial charge in [0.25, 0.3) is 17.7 Å². The van der Waals surface area contributed by atoms with Gasteiger partial charge in [-0.25, -0.2) is 4.99 Å². The molecule has 2 aliphatic carbocycles. The number of methoxy groups -OCH3 is 2. The van der Waals surface area contributed by atoms with Crippen LogP contribution in [0.3, 0.4) is 0 Å². The summed E-state index contributed by atoms with van der Waals surface area (Å²) in [6, 6.07) is 12.7. The van der Waals surface area contributed by atoms with Crippen LogP contribution in [0.25, 0.3) is 0 Å². The smallest absolute Gasteiger partial charge is 0.255 e. The van der Waals surface area contributed by atoms with E-state index in [-0.39, 0.29) is 88.1 Å². The number of nitrogens with two attached hydrogens (primary N) is 7. The van der Waals surface area contributed by atoms with Crippen molar-refractivity contribution in [2.24, 2.45) is 66.0 Å². The summed E-state index contributed by atoms with van der Waals surface area (Å²) >= 11 is 0. The number of rotatable bonds is 40. The van der Waals surface area contributed by atoms with Crippen molar-refractivity contribution < 1.29 is 47.6 Å². The van der Waals surface area contributed by atoms with Gasteiger partial charge in [-0.15, -0.1) is 0 Å². The molecule has 490 valence electrons. The second kappa shape index (κ2) is 39.4. The molecule has 89 heavy (non-hydrogen) atoms. The van der Waals surface area contributed by atoms with Crippen LogP contribution in [0.2, 0.25) is 0 Å². The van der Waals surface area contributed by atoms with Crippen molar-refractivity contribution in [2.45, 2.75) is 160 Å². The van der Waals surface area contributed by atoms with Gasteiger partial charge in [-0.2, -0.15) is 0 Å². The number of nitrogens with zero attached hydrogens (tertiary/aromatic N) is 4. The molecule has 0 aromatic heterocycles. The number of benzene rings is 3. The fraction of sp³-hybridized carbons (Fsp3) is 0.571. The zero-order chi connectivity index (χ0) is 64.3. The number of hydrogen-bond donors (Lipinski definition) is 12. The molecule has 2 saturated carbocycles. The Labute approximate surface area is 523 Å². The van der Waals surface area contributed by atoms with Gasteiger partial charge < -0.3 is 89.8 Å². The fourth-order valence-corrected chi connectivity index (χ4v) is 10.5. The molecule has 2 fully saturated rings. The highest BCUT2D eigenvalue weighted by atomic mass is 16.5. The first-order valence-electron chi connectivity index (χ1n) is 31.2. The van der Waals surface area contributed by atoms with Crippen molar-refractivity contribution >= 4 is 53.6 Å². The first-order chi connectivity index (χ1) is 42.9. The van der Waals surface area contributed by atoms with Crippen LogP contribution in [0.5, 0.6) is 34.5 Å². The summed E-state index contributed by atoms with van der Waals surface area (Å²) in [7, 11) is 2.93. The number of guanidine groups is 4. The summed E-state index contributed by atoms with van der Waals surface area (Å²) in [6.07, 6.45) is 16.6. The summed E-state index contributed by atoms with van der Waals surface area (Å²) in [4.78, 5) is 71.8. The zero-order valence-corrected chi connectivity index (χ0v) is 52.3. The Kier molecular flexibility index (Phi) is 31.5. The minimum absolute atomic E-state index is 0.0583. The number of amides is 3. The van der Waals surface area contributed by atoms with Crippen LogP contribution in [0, 0.1) is 11.3 Å². The quantitative estimate of drug-likeness (QED) is 0.0149. The molecule has 0 radical (unpaired) electrons. The first kappa shape index (κ1) is 71.2. The van der Waals surface area contributed by atoms with Gasteiger partial charge in [0.05, 0.1) is 68.9 Å². The number of ether oxygens (including phenoxy) is 6. The van der Waals surface area contributed by atoms with E-state index < -0.39 is 11.9 Å². The van der Waals surface area contributed by atoms with E-state index in [1.54, 1.807) is 48.7 Å². The SMILES string of the molecule is COc1cc(OC)c(C(=O)NC2CCC(NC(=O)c3ccc(OCCCCCN=C(N)N)cc3OCCCCCN=C(N)N)CC2)cc1C(=O)NC1CCC(CNC(C)C(=O)c2ccc(OCCCCC=NC(=N)N)cc2OCCCCCN=C(N)N)CC1. The number of carbonyl (C=O) groups is 4. The Morgan fingerprint density at radius 2 is 0.910 bits per heavy atom. The van der Waals surface area contributed by atoms with Crippen LogP contribution >= 0.6 is 0 Å². The lowest BCUT2D eigenvalue weighted by Crippen LogP contribution is -2.44. The van der Waals surface area contributed by atoms with Crippen molar-refractivity contribution in [1.29, 1.82) is 5.41 Å². The second-order valence-electron chi connectivity index (χ2n) is 22.4. The van der Waals surface area contributed by atoms with E-state index >= 15 is 0 Å². The molecule has 3 aromatic rings. The molecule has 0 bridgehead atoms. The minimum atomic E-state index is -0.506. The fourth-order valence-electron chi connectivity index (χ4n) is 10.5. The Morgan fingerprint density at radius 3 is 1.35 bits per heavy atom. The third-order valence-corrected chi connectivity index (χ3v) is 15.4. The maximum Gasteiger partial charge on any atom is 0.255 e. The Bertz CT molecular complexity index is 2840. The molecule has 26 heteroatoms. The van der Waals surface area contributed by atoms with E-state index in [1.807, 2.05) is 6.92 Å². The van der Waals surface area contributed by atoms with Crippen LogP contribution in [-0.4, -0.2) is 145 Å². The van der Waals surface area contributed by atoms with Crippen LogP contribution in [0.4, 0.5) is 0 Å². The monoisotopic (exact) mass is 1240 g/mol. The Balaban J connectivity index is 1.11. The molecular weight excluding hydrogens is 1140 g/mol. The van der Waals surface area contributed by atoms with Gasteiger partial charge in [0, 0.05) is 62.2 Å². The lowest BCUT2D eigenvalue weighted by molar-refractivity contribution is 0.0886. The predicted octanol–water partition coefficient (Wildman–Crippen LogP) is 5.31. The summed E-state index contributed by atoms with van der Waals surface area (Å²) in [5.74, 6) is 1.70. The summed E-state index contributed by atoms with van der Waals surface area (Å²) in [5.41, 5.74) is 39.2. The Hall–Kier alpha value is -8.55. The van der Waals surface area contributed by atoms with E-state index in [2.05, 4.69) is 41.2 Å². The van der Waals surface area contributed by atoms with Gasteiger partial charge >= 0.3 is 0 Å². The van der Waals surface area contributed by atoms with Gasteiger partial charge in [0.15, 0.2) is 23.7 Å². The van der Waals surface area contributed by atoms with Gasteiger partial charge in [-0.1, -0.05) is 0 Å². The molecule has 0 aliphatic heterocycles. The van der Waals surface area contributed by atoms with Gasteiger partial charge in [-0.3, -0.25) is 39.6 Å². The van der Waals surface area contributed by atoms with Crippen molar-refractivity contribution in [3.05, 3.63) is 70.8 Å². The standard InChI is InChI=1S/C63H98N16O10/c1-41(56(80)48-26-24-46(86-32-12-4-8-28-72-60(64)65)36-54(48)88-34-14-6-10-30-74-62(68)69)76-40-42-16-18-43(19-17-42)78-58(82)50-38-51(53(85-3)39-52(50)84-2)59(83)79-45-22-20-44(21-23-45)77-57(81)49-27-25-47(87-33-13-5-9-29-73-61(66)67)37-55(49)89-35-15-7-11-31-75-63(70)71/h24-28,36-39,41-45,76H,4-23,29-35,40H2,1-3H3,(H3,64,65)(H,77,81)(H,78,82)(H,79,83)(H4,66,67,73)(H4,68,69,74)(H4,70,71,75). The number of unbranched alkanes of at least 4 members (excludes halogenated alkanes) is 8. The molecule has 3 aromatic carbocycles. The maximum absolute atomic E-state index is 14.0. The van der Waals surface area contributed by atoms with Crippen molar-refractivity contribution in [1.82, 2.24) is 21.3 Å². The van der Waals surface area contributed by atoms with Gasteiger partial charge in [-0.05, 0) is 178 Å². The number of carbonyl (C=O) groups excluding carboxylic acids is 4. The lowest BCUT2D eigenvalue weighted by atomic mass is 9.85. The molecule has 1 unspecified atom stereocenters. The molecule has 0 heterocycles. The van der Waals surface area contributed by atoms with E-state index in [4.69, 9.17) is 74.0 Å². The van der Waals surface area contributed by atoms with Gasteiger partial charge in [0.1, 0.15) is 34.5 Å².